The largest absolute Gasteiger partial charge is 0.416 e. The topological polar surface area (TPSA) is 78.5 Å². The van der Waals surface area contributed by atoms with Gasteiger partial charge in [0.25, 0.3) is 5.91 Å². The second-order valence-electron chi connectivity index (χ2n) is 7.38. The first kappa shape index (κ1) is 22.7. The quantitative estimate of drug-likeness (QED) is 0.704. The average molecular weight is 413 g/mol. The molecule has 1 saturated heterocycles. The summed E-state index contributed by atoms with van der Waals surface area (Å²) in [6.07, 6.45) is -3.25. The molecule has 0 aromatic heterocycles. The van der Waals surface area contributed by atoms with E-state index in [1.165, 1.54) is 0 Å². The molecule has 0 radical (unpaired) electrons. The predicted octanol–water partition coefficient (Wildman–Crippen LogP) is 2.45. The molecule has 9 heteroatoms. The zero-order chi connectivity index (χ0) is 21.6. The Kier molecular flexibility index (Phi) is 7.64. The van der Waals surface area contributed by atoms with Crippen LogP contribution in [0.1, 0.15) is 42.6 Å². The van der Waals surface area contributed by atoms with E-state index >= 15 is 0 Å². The molecule has 2 rings (SSSR count). The van der Waals surface area contributed by atoms with E-state index in [4.69, 9.17) is 0 Å². The summed E-state index contributed by atoms with van der Waals surface area (Å²) in [6.45, 7) is 5.19. The smallest absolute Gasteiger partial charge is 0.354 e. The Morgan fingerprint density at radius 3 is 2.10 bits per heavy atom. The molecule has 0 saturated carbocycles. The van der Waals surface area contributed by atoms with Crippen LogP contribution in [-0.4, -0.2) is 48.8 Å². The summed E-state index contributed by atoms with van der Waals surface area (Å²) in [5, 5.41) is 5.31. The third-order valence-corrected chi connectivity index (χ3v) is 4.86. The number of carbonyl (C=O) groups is 3. The normalized spacial score (nSPS) is 15.3. The summed E-state index contributed by atoms with van der Waals surface area (Å²) in [5.74, 6) is -0.765. The molecule has 0 atom stereocenters. The fraction of sp³-hybridized carbons (Fsp3) is 0.550. The SMILES string of the molecule is CC(C)C(=O)N1CCC(C(=O)NCCNC(=O)c2ccc(C(F)(F)F)cc2)CC1. The lowest BCUT2D eigenvalue weighted by atomic mass is 9.95. The molecule has 1 aromatic rings. The van der Waals surface area contributed by atoms with Gasteiger partial charge in [-0.25, -0.2) is 0 Å². The lowest BCUT2D eigenvalue weighted by Crippen LogP contribution is -2.45. The van der Waals surface area contributed by atoms with Gasteiger partial charge in [-0.05, 0) is 37.1 Å². The highest BCUT2D eigenvalue weighted by Crippen LogP contribution is 2.29. The van der Waals surface area contributed by atoms with Crippen molar-refractivity contribution in [2.24, 2.45) is 11.8 Å². The van der Waals surface area contributed by atoms with Crippen molar-refractivity contribution < 1.29 is 27.6 Å². The highest BCUT2D eigenvalue weighted by Gasteiger charge is 2.30. The van der Waals surface area contributed by atoms with Crippen molar-refractivity contribution in [3.05, 3.63) is 35.4 Å². The maximum absolute atomic E-state index is 12.5. The third-order valence-electron chi connectivity index (χ3n) is 4.86. The summed E-state index contributed by atoms with van der Waals surface area (Å²) in [4.78, 5) is 37.9. The first-order valence-corrected chi connectivity index (χ1v) is 9.61. The van der Waals surface area contributed by atoms with Gasteiger partial charge in [-0.3, -0.25) is 14.4 Å². The van der Waals surface area contributed by atoms with Gasteiger partial charge >= 0.3 is 6.18 Å². The van der Waals surface area contributed by atoms with Crippen LogP contribution < -0.4 is 10.6 Å². The number of amides is 3. The van der Waals surface area contributed by atoms with Crippen LogP contribution in [0.2, 0.25) is 0 Å². The van der Waals surface area contributed by atoms with Gasteiger partial charge in [-0.1, -0.05) is 13.8 Å². The average Bonchev–Trinajstić information content (AvgIpc) is 2.69. The molecule has 160 valence electrons. The molecule has 0 bridgehead atoms. The minimum atomic E-state index is -4.45. The van der Waals surface area contributed by atoms with Gasteiger partial charge in [-0.2, -0.15) is 13.2 Å². The van der Waals surface area contributed by atoms with Gasteiger partial charge in [0.15, 0.2) is 0 Å². The number of nitrogens with zero attached hydrogens (tertiary/aromatic N) is 1. The van der Waals surface area contributed by atoms with Crippen molar-refractivity contribution >= 4 is 17.7 Å². The van der Waals surface area contributed by atoms with E-state index in [1.807, 2.05) is 13.8 Å². The van der Waals surface area contributed by atoms with E-state index in [0.717, 1.165) is 24.3 Å². The fourth-order valence-corrected chi connectivity index (χ4v) is 3.15. The van der Waals surface area contributed by atoms with Crippen molar-refractivity contribution in [1.29, 1.82) is 0 Å². The molecule has 1 aliphatic rings. The van der Waals surface area contributed by atoms with E-state index in [1.54, 1.807) is 4.90 Å². The molecule has 29 heavy (non-hydrogen) atoms. The van der Waals surface area contributed by atoms with Crippen molar-refractivity contribution in [3.63, 3.8) is 0 Å². The first-order chi connectivity index (χ1) is 13.6. The van der Waals surface area contributed by atoms with Crippen LogP contribution in [0.3, 0.4) is 0 Å². The molecule has 1 aliphatic heterocycles. The zero-order valence-corrected chi connectivity index (χ0v) is 16.5. The van der Waals surface area contributed by atoms with Crippen molar-refractivity contribution in [2.45, 2.75) is 32.9 Å². The van der Waals surface area contributed by atoms with E-state index in [-0.39, 0.29) is 42.3 Å². The molecule has 2 N–H and O–H groups in total. The van der Waals surface area contributed by atoms with Gasteiger partial charge < -0.3 is 15.5 Å². The maximum Gasteiger partial charge on any atom is 0.416 e. The number of hydrogen-bond acceptors (Lipinski definition) is 3. The number of benzene rings is 1. The molecule has 0 spiro atoms. The van der Waals surface area contributed by atoms with Crippen LogP contribution in [0.15, 0.2) is 24.3 Å². The van der Waals surface area contributed by atoms with Crippen LogP contribution >= 0.6 is 0 Å². The summed E-state index contributed by atoms with van der Waals surface area (Å²) in [5.41, 5.74) is -0.700. The minimum Gasteiger partial charge on any atom is -0.354 e. The number of likely N-dealkylation sites (tertiary alicyclic amines) is 1. The third kappa shape index (κ3) is 6.47. The van der Waals surface area contributed by atoms with Crippen molar-refractivity contribution in [3.8, 4) is 0 Å². The Labute approximate surface area is 167 Å². The standard InChI is InChI=1S/C20H26F3N3O3/c1-13(2)19(29)26-11-7-15(8-12-26)18(28)25-10-9-24-17(27)14-3-5-16(6-4-14)20(21,22)23/h3-6,13,15H,7-12H2,1-2H3,(H,24,27)(H,25,28). The Balaban J connectivity index is 1.69. The highest BCUT2D eigenvalue weighted by molar-refractivity contribution is 5.94. The van der Waals surface area contributed by atoms with Gasteiger partial charge in [-0.15, -0.1) is 0 Å². The lowest BCUT2D eigenvalue weighted by molar-refractivity contribution is -0.138. The van der Waals surface area contributed by atoms with Crippen LogP contribution in [0.25, 0.3) is 0 Å². The van der Waals surface area contributed by atoms with E-state index in [0.29, 0.717) is 25.9 Å². The number of hydrogen-bond donors (Lipinski definition) is 2. The molecule has 1 aromatic carbocycles. The predicted molar refractivity (Wildman–Crippen MR) is 101 cm³/mol. The monoisotopic (exact) mass is 413 g/mol. The number of halogens is 3. The Hall–Kier alpha value is -2.58. The van der Waals surface area contributed by atoms with Crippen molar-refractivity contribution in [2.75, 3.05) is 26.2 Å². The maximum atomic E-state index is 12.5. The van der Waals surface area contributed by atoms with Crippen LogP contribution in [-0.2, 0) is 15.8 Å². The van der Waals surface area contributed by atoms with Crippen molar-refractivity contribution in [1.82, 2.24) is 15.5 Å². The summed E-state index contributed by atoms with van der Waals surface area (Å²) >= 11 is 0. The van der Waals surface area contributed by atoms with Gasteiger partial charge in [0.2, 0.25) is 11.8 Å². The summed E-state index contributed by atoms with van der Waals surface area (Å²) in [6, 6.07) is 3.94. The Morgan fingerprint density at radius 1 is 1.03 bits per heavy atom. The van der Waals surface area contributed by atoms with Gasteiger partial charge in [0.1, 0.15) is 0 Å². The molecular formula is C20H26F3N3O3. The number of alkyl halides is 3. The van der Waals surface area contributed by atoms with Gasteiger partial charge in [0.05, 0.1) is 5.56 Å². The first-order valence-electron chi connectivity index (χ1n) is 9.61. The lowest BCUT2D eigenvalue weighted by Gasteiger charge is -2.32. The highest BCUT2D eigenvalue weighted by atomic mass is 19.4. The summed E-state index contributed by atoms with van der Waals surface area (Å²) < 4.78 is 37.6. The molecule has 1 heterocycles. The second-order valence-corrected chi connectivity index (χ2v) is 7.38. The van der Waals surface area contributed by atoms with Crippen LogP contribution in [0.4, 0.5) is 13.2 Å². The second kappa shape index (κ2) is 9.76. The molecule has 3 amide bonds. The number of rotatable bonds is 6. The fourth-order valence-electron chi connectivity index (χ4n) is 3.15. The molecule has 0 unspecified atom stereocenters. The Morgan fingerprint density at radius 2 is 1.59 bits per heavy atom. The molecule has 1 fully saturated rings. The number of nitrogens with one attached hydrogen (secondary N) is 2. The molecular weight excluding hydrogens is 387 g/mol. The van der Waals surface area contributed by atoms with E-state index in [9.17, 15) is 27.6 Å². The van der Waals surface area contributed by atoms with Gasteiger partial charge in [0, 0.05) is 43.6 Å². The Bertz CT molecular complexity index is 725. The van der Waals surface area contributed by atoms with Crippen LogP contribution in [0, 0.1) is 11.8 Å². The van der Waals surface area contributed by atoms with Crippen LogP contribution in [0.5, 0.6) is 0 Å². The zero-order valence-electron chi connectivity index (χ0n) is 16.5. The molecule has 6 nitrogen and oxygen atoms in total. The van der Waals surface area contributed by atoms with E-state index in [2.05, 4.69) is 10.6 Å². The minimum absolute atomic E-state index is 0.0614. The van der Waals surface area contributed by atoms with E-state index < -0.39 is 17.6 Å². The number of piperidine rings is 1. The summed E-state index contributed by atoms with van der Waals surface area (Å²) in [7, 11) is 0. The number of carbonyl (C=O) groups excluding carboxylic acids is 3. The molecule has 0 aliphatic carbocycles.